The predicted molar refractivity (Wildman–Crippen MR) is 102 cm³/mol. The minimum absolute atomic E-state index is 0. The van der Waals surface area contributed by atoms with Crippen molar-refractivity contribution in [3.05, 3.63) is 11.1 Å². The number of aromatic amines is 1. The number of carbonyl (C=O) groups excluding carboxylic acids is 2. The first-order valence-corrected chi connectivity index (χ1v) is 11.1. The number of nitrogens with zero attached hydrogens (tertiary/aromatic N) is 6. The molecule has 2 aromatic heterocycles. The van der Waals surface area contributed by atoms with Crippen molar-refractivity contribution in [3.8, 4) is 0 Å². The summed E-state index contributed by atoms with van der Waals surface area (Å²) in [7, 11) is -3.91. The van der Waals surface area contributed by atoms with Crippen LogP contribution in [0.25, 0.3) is 0 Å². The summed E-state index contributed by atoms with van der Waals surface area (Å²) in [6, 6.07) is -2.51. The van der Waals surface area contributed by atoms with Crippen LogP contribution in [0, 0.1) is 0 Å². The van der Waals surface area contributed by atoms with Crippen LogP contribution in [0.3, 0.4) is 0 Å². The fourth-order valence-electron chi connectivity index (χ4n) is 2.70. The zero-order chi connectivity index (χ0) is 22.1. The first-order valence-electron chi connectivity index (χ1n) is 7.96. The van der Waals surface area contributed by atoms with Gasteiger partial charge in [0.05, 0.1) is 6.04 Å². The van der Waals surface area contributed by atoms with Gasteiger partial charge in [0.2, 0.25) is 5.16 Å². The maximum atomic E-state index is 12.7. The summed E-state index contributed by atoms with van der Waals surface area (Å²) in [5.74, 6) is -1.95. The Kier molecular flexibility index (Phi) is 8.36. The maximum absolute atomic E-state index is 12.7. The molecule has 19 heteroatoms. The molecule has 0 aromatic carbocycles. The van der Waals surface area contributed by atoms with Gasteiger partial charge in [0.25, 0.3) is 11.8 Å². The Balaban J connectivity index is 0.00000341. The predicted octanol–water partition coefficient (Wildman–Crippen LogP) is -5.07. The van der Waals surface area contributed by atoms with Crippen LogP contribution in [0.15, 0.2) is 15.7 Å². The number of oxime groups is 1. The normalized spacial score (nSPS) is 19.9. The van der Waals surface area contributed by atoms with E-state index in [1.54, 1.807) is 6.92 Å². The number of anilines is 1. The van der Waals surface area contributed by atoms with E-state index in [-0.39, 0.29) is 55.6 Å². The van der Waals surface area contributed by atoms with Gasteiger partial charge < -0.3 is 20.4 Å². The van der Waals surface area contributed by atoms with Crippen molar-refractivity contribution < 1.29 is 57.0 Å². The number of tetrazole rings is 1. The molecule has 3 atom stereocenters. The number of rotatable bonds is 8. The van der Waals surface area contributed by atoms with E-state index in [0.717, 1.165) is 23.1 Å². The number of hydrogen-bond acceptors (Lipinski definition) is 14. The Morgan fingerprint density at radius 1 is 1.55 bits per heavy atom. The molecular weight excluding hydrogens is 485 g/mol. The summed E-state index contributed by atoms with van der Waals surface area (Å²) in [6.07, 6.45) is 0. The van der Waals surface area contributed by atoms with Crippen LogP contribution in [-0.2, 0) is 24.7 Å². The molecule has 2 amide bonds. The maximum Gasteiger partial charge on any atom is 1.00 e. The smallest absolute Gasteiger partial charge is 0.731 e. The first-order chi connectivity index (χ1) is 14.1. The summed E-state index contributed by atoms with van der Waals surface area (Å²) in [6.45, 7) is 1.55. The van der Waals surface area contributed by atoms with E-state index in [2.05, 4.69) is 40.9 Å². The molecule has 1 unspecified atom stereocenters. The number of carbonyl (C=O) groups is 2. The molecular formula is C12H14N9NaO6S3. The third-order valence-electron chi connectivity index (χ3n) is 3.89. The molecule has 0 aliphatic carbocycles. The Hall–Kier alpha value is -1.83. The molecule has 162 valence electrons. The van der Waals surface area contributed by atoms with Crippen molar-refractivity contribution in [1.29, 1.82) is 0 Å². The van der Waals surface area contributed by atoms with Crippen LogP contribution in [0.2, 0.25) is 0 Å². The van der Waals surface area contributed by atoms with Crippen LogP contribution < -0.4 is 40.6 Å². The standard InChI is InChI=1S/C12H15N9O6S3.Na/c1-4(29-12-16-19-20-17-12)8-7(10(23)21(8)30(24,25)26)15-9(22)6(18-27-2)5-3-28-11(13)14-5;/h3-4,7-8H,1-2H3,(H2,13,14)(H,15,22)(H,24,25,26)(H,16,17,19,20);/q;+1/p-1/t4?,7-,8+;/m0./s1. The summed E-state index contributed by atoms with van der Waals surface area (Å²) in [5.41, 5.74) is 5.38. The zero-order valence-corrected chi connectivity index (χ0v) is 20.7. The number of nitrogen functional groups attached to an aromatic ring is 1. The second-order valence-electron chi connectivity index (χ2n) is 5.76. The van der Waals surface area contributed by atoms with Gasteiger partial charge in [0.15, 0.2) is 21.1 Å². The van der Waals surface area contributed by atoms with Crippen molar-refractivity contribution in [3.63, 3.8) is 0 Å². The largest absolute Gasteiger partial charge is 1.00 e. The molecule has 3 heterocycles. The van der Waals surface area contributed by atoms with Gasteiger partial charge in [-0.05, 0) is 10.4 Å². The quantitative estimate of drug-likeness (QED) is 0.0775. The Morgan fingerprint density at radius 2 is 2.26 bits per heavy atom. The van der Waals surface area contributed by atoms with Gasteiger partial charge in [-0.15, -0.1) is 16.4 Å². The van der Waals surface area contributed by atoms with Gasteiger partial charge in [0, 0.05) is 10.6 Å². The molecule has 0 spiro atoms. The van der Waals surface area contributed by atoms with Crippen LogP contribution in [0.4, 0.5) is 5.13 Å². The number of aromatic nitrogens is 5. The van der Waals surface area contributed by atoms with E-state index in [9.17, 15) is 22.6 Å². The summed E-state index contributed by atoms with van der Waals surface area (Å²) >= 11 is 2.04. The number of nitrogens with two attached hydrogens (primary N) is 1. The minimum Gasteiger partial charge on any atom is -0.731 e. The van der Waals surface area contributed by atoms with E-state index in [1.165, 1.54) is 12.5 Å². The molecule has 2 aromatic rings. The van der Waals surface area contributed by atoms with Crippen molar-refractivity contribution in [2.75, 3.05) is 12.8 Å². The second kappa shape index (κ2) is 10.2. The molecule has 1 fully saturated rings. The van der Waals surface area contributed by atoms with E-state index >= 15 is 0 Å². The molecule has 15 nitrogen and oxygen atoms in total. The Morgan fingerprint density at radius 3 is 2.77 bits per heavy atom. The van der Waals surface area contributed by atoms with E-state index in [4.69, 9.17) is 5.73 Å². The molecule has 1 aliphatic rings. The average molecular weight is 499 g/mol. The first kappa shape index (κ1) is 25.4. The van der Waals surface area contributed by atoms with Crippen LogP contribution in [0.1, 0.15) is 12.6 Å². The molecule has 0 radical (unpaired) electrons. The molecule has 4 N–H and O–H groups in total. The molecule has 0 bridgehead atoms. The summed E-state index contributed by atoms with van der Waals surface area (Å²) < 4.78 is 34.8. The van der Waals surface area contributed by atoms with Gasteiger partial charge in [-0.2, -0.15) is 0 Å². The van der Waals surface area contributed by atoms with Gasteiger partial charge >= 0.3 is 29.6 Å². The minimum atomic E-state index is -5.11. The van der Waals surface area contributed by atoms with Crippen molar-refractivity contribution in [2.45, 2.75) is 29.4 Å². The second-order valence-corrected chi connectivity index (χ2v) is 9.26. The third kappa shape index (κ3) is 5.51. The van der Waals surface area contributed by atoms with Gasteiger partial charge in [-0.1, -0.05) is 23.8 Å². The fraction of sp³-hybridized carbons (Fsp3) is 0.417. The van der Waals surface area contributed by atoms with E-state index in [0.29, 0.717) is 0 Å². The monoisotopic (exact) mass is 499 g/mol. The number of thiazole rings is 1. The number of amides is 2. The molecule has 1 aliphatic heterocycles. The molecule has 3 rings (SSSR count). The van der Waals surface area contributed by atoms with Crippen LogP contribution in [-0.4, -0.2) is 84.9 Å². The van der Waals surface area contributed by atoms with E-state index < -0.39 is 39.5 Å². The molecule has 0 saturated carbocycles. The van der Waals surface area contributed by atoms with Crippen molar-refractivity contribution >= 4 is 56.1 Å². The van der Waals surface area contributed by atoms with Crippen LogP contribution >= 0.6 is 23.1 Å². The van der Waals surface area contributed by atoms with Crippen molar-refractivity contribution in [2.24, 2.45) is 5.16 Å². The summed E-state index contributed by atoms with van der Waals surface area (Å²) in [4.78, 5) is 33.6. The average Bonchev–Trinajstić information content (AvgIpc) is 3.32. The topological polar surface area (TPSA) is 222 Å². The third-order valence-corrected chi connectivity index (χ3v) is 6.52. The number of thioether (sulfide) groups is 1. The SMILES string of the molecule is CON=C(C(=O)N[C@@H]1C(=O)N(S(=O)(=O)[O-])[C@@H]1C(C)Sc1nnn[nH]1)c1csc(N)n1.[Na+]. The molecule has 1 saturated heterocycles. The Labute approximate surface area is 205 Å². The number of nitrogens with one attached hydrogen (secondary N) is 2. The van der Waals surface area contributed by atoms with E-state index in [1.807, 2.05) is 0 Å². The fourth-order valence-corrected chi connectivity index (χ4v) is 5.21. The Bertz CT molecular complexity index is 1080. The van der Waals surface area contributed by atoms with Crippen molar-refractivity contribution in [1.82, 2.24) is 35.2 Å². The van der Waals surface area contributed by atoms with Gasteiger partial charge in [-0.25, -0.2) is 22.8 Å². The summed E-state index contributed by atoms with van der Waals surface area (Å²) in [5, 5.41) is 20.0. The van der Waals surface area contributed by atoms with Crippen LogP contribution in [0.5, 0.6) is 0 Å². The number of H-pyrrole nitrogens is 1. The number of hydrogen-bond donors (Lipinski definition) is 3. The van der Waals surface area contributed by atoms with Gasteiger partial charge in [0.1, 0.15) is 18.8 Å². The van der Waals surface area contributed by atoms with Gasteiger partial charge in [-0.3, -0.25) is 9.59 Å². The zero-order valence-electron chi connectivity index (χ0n) is 16.2. The number of β-lactam (4-membered cyclic amide) rings is 1. The molecule has 31 heavy (non-hydrogen) atoms.